The van der Waals surface area contributed by atoms with Gasteiger partial charge in [0.15, 0.2) is 0 Å². The molecule has 0 unspecified atom stereocenters. The number of nitrogens with zero attached hydrogens (tertiary/aromatic N) is 2. The molecule has 0 aliphatic heterocycles. The van der Waals surface area contributed by atoms with Crippen molar-refractivity contribution >= 4 is 48.7 Å². The molecule has 6 rings (SSSR count). The van der Waals surface area contributed by atoms with Gasteiger partial charge in [0.1, 0.15) is 0 Å². The average molecular weight is 553 g/mol. The molecule has 0 N–H and O–H groups in total. The van der Waals surface area contributed by atoms with Crippen LogP contribution in [-0.2, 0) is 0 Å². The maximum absolute atomic E-state index is 2.57. The van der Waals surface area contributed by atoms with Crippen LogP contribution < -0.4 is 30.8 Å². The summed E-state index contributed by atoms with van der Waals surface area (Å²) in [5, 5.41) is 5.18. The number of hydrogen-bond donors (Lipinski definition) is 0. The van der Waals surface area contributed by atoms with Crippen LogP contribution in [-0.4, -0.2) is 0 Å². The van der Waals surface area contributed by atoms with E-state index in [1.54, 1.807) is 0 Å². The number of hydrazine groups is 1. The van der Waals surface area contributed by atoms with Gasteiger partial charge in [-0.15, -0.1) is 0 Å². The second-order valence-electron chi connectivity index (χ2n) is 9.22. The van der Waals surface area contributed by atoms with Crippen LogP contribution >= 0.6 is 16.1 Å². The van der Waals surface area contributed by atoms with Crippen LogP contribution in [0.25, 0.3) is 0 Å². The summed E-state index contributed by atoms with van der Waals surface area (Å²) < 4.78 is 5.14. The van der Waals surface area contributed by atoms with Crippen molar-refractivity contribution in [1.82, 2.24) is 0 Å². The normalized spacial score (nSPS) is 10.9. The van der Waals surface area contributed by atoms with E-state index >= 15 is 0 Å². The molecule has 0 heterocycles. The standard InChI is InChI=1S/C36H30N2P2/c1-7-19-31(20-8-1)37(39(33-23-11-3-12-24-33)34-25-13-4-14-26-34)38(32-21-9-2-10-22-32)40(35-27-15-5-16-28-35)36-29-17-6-18-30-36/h1-30H. The lowest BCUT2D eigenvalue weighted by Gasteiger charge is -2.47. The lowest BCUT2D eigenvalue weighted by Crippen LogP contribution is -2.44. The molecule has 0 aliphatic carbocycles. The minimum Gasteiger partial charge on any atom is -0.252 e. The zero-order chi connectivity index (χ0) is 27.0. The lowest BCUT2D eigenvalue weighted by atomic mass is 10.3. The maximum atomic E-state index is 2.57. The summed E-state index contributed by atoms with van der Waals surface area (Å²) in [7, 11) is -1.98. The molecular weight excluding hydrogens is 522 g/mol. The number of hydrogen-bond acceptors (Lipinski definition) is 2. The molecule has 40 heavy (non-hydrogen) atoms. The third-order valence-electron chi connectivity index (χ3n) is 6.54. The first kappa shape index (κ1) is 26.0. The van der Waals surface area contributed by atoms with Gasteiger partial charge in [0.2, 0.25) is 0 Å². The molecule has 194 valence electrons. The van der Waals surface area contributed by atoms with Gasteiger partial charge < -0.3 is 0 Å². The first-order valence-corrected chi connectivity index (χ1v) is 16.0. The summed E-state index contributed by atoms with van der Waals surface area (Å²) in [4.78, 5) is 0. The molecule has 0 aromatic heterocycles. The third kappa shape index (κ3) is 5.70. The quantitative estimate of drug-likeness (QED) is 0.132. The molecule has 0 amide bonds. The minimum atomic E-state index is -0.991. The molecule has 0 spiro atoms. The summed E-state index contributed by atoms with van der Waals surface area (Å²) in [5.74, 6) is 0. The first-order chi connectivity index (χ1) is 19.9. The molecule has 0 fully saturated rings. The Labute approximate surface area is 239 Å². The van der Waals surface area contributed by atoms with E-state index in [1.807, 2.05) is 0 Å². The van der Waals surface area contributed by atoms with Gasteiger partial charge in [-0.25, -0.2) is 0 Å². The van der Waals surface area contributed by atoms with Crippen LogP contribution in [0.15, 0.2) is 182 Å². The van der Waals surface area contributed by atoms with Crippen molar-refractivity contribution < 1.29 is 0 Å². The van der Waals surface area contributed by atoms with E-state index in [-0.39, 0.29) is 0 Å². The number of para-hydroxylation sites is 2. The molecule has 2 nitrogen and oxygen atoms in total. The Morgan fingerprint density at radius 3 is 0.675 bits per heavy atom. The molecule has 6 aromatic rings. The van der Waals surface area contributed by atoms with Gasteiger partial charge in [0.25, 0.3) is 0 Å². The Kier molecular flexibility index (Phi) is 8.30. The van der Waals surface area contributed by atoms with Gasteiger partial charge >= 0.3 is 0 Å². The molecule has 0 saturated heterocycles. The molecule has 0 radical (unpaired) electrons. The molecule has 4 heteroatoms. The van der Waals surface area contributed by atoms with Crippen LogP contribution in [0.4, 0.5) is 11.4 Å². The van der Waals surface area contributed by atoms with Crippen LogP contribution in [0, 0.1) is 0 Å². The molecule has 0 bridgehead atoms. The van der Waals surface area contributed by atoms with Crippen molar-refractivity contribution in [1.29, 1.82) is 0 Å². The summed E-state index contributed by atoms with van der Waals surface area (Å²) in [5.41, 5.74) is 2.31. The zero-order valence-electron chi connectivity index (χ0n) is 22.1. The topological polar surface area (TPSA) is 6.48 Å². The SMILES string of the molecule is c1ccc(N(N(c2ccccc2)P(c2ccccc2)c2ccccc2)P(c2ccccc2)c2ccccc2)cc1. The fourth-order valence-electron chi connectivity index (χ4n) is 4.75. The van der Waals surface area contributed by atoms with E-state index in [9.17, 15) is 0 Å². The molecule has 0 atom stereocenters. The predicted molar refractivity (Wildman–Crippen MR) is 176 cm³/mol. The van der Waals surface area contributed by atoms with Crippen molar-refractivity contribution in [2.24, 2.45) is 0 Å². The lowest BCUT2D eigenvalue weighted by molar-refractivity contribution is 1.15. The highest BCUT2D eigenvalue weighted by molar-refractivity contribution is 7.78. The van der Waals surface area contributed by atoms with Gasteiger partial charge in [0.05, 0.1) is 27.5 Å². The fraction of sp³-hybridized carbons (Fsp3) is 0. The Hall–Kier alpha value is -4.22. The van der Waals surface area contributed by atoms with Gasteiger partial charge in [-0.2, -0.15) is 0 Å². The molecule has 0 saturated carbocycles. The van der Waals surface area contributed by atoms with E-state index in [1.165, 1.54) is 21.2 Å². The summed E-state index contributed by atoms with van der Waals surface area (Å²) >= 11 is 0. The fourth-order valence-corrected chi connectivity index (χ4v) is 9.80. The van der Waals surface area contributed by atoms with Crippen LogP contribution in [0.1, 0.15) is 0 Å². The second-order valence-corrected chi connectivity index (χ2v) is 13.3. The van der Waals surface area contributed by atoms with E-state index in [0.29, 0.717) is 0 Å². The Balaban J connectivity index is 1.67. The zero-order valence-corrected chi connectivity index (χ0v) is 23.9. The Morgan fingerprint density at radius 1 is 0.250 bits per heavy atom. The summed E-state index contributed by atoms with van der Waals surface area (Å²) in [6, 6.07) is 65.5. The Morgan fingerprint density at radius 2 is 0.450 bits per heavy atom. The highest BCUT2D eigenvalue weighted by atomic mass is 31.1. The largest absolute Gasteiger partial charge is 0.252 e. The van der Waals surface area contributed by atoms with E-state index in [0.717, 1.165) is 11.4 Å². The Bertz CT molecular complexity index is 1380. The number of benzene rings is 6. The number of rotatable bonds is 9. The maximum Gasteiger partial charge on any atom is 0.0787 e. The predicted octanol–water partition coefficient (Wildman–Crippen LogP) is 8.01. The van der Waals surface area contributed by atoms with E-state index < -0.39 is 16.1 Å². The highest BCUT2D eigenvalue weighted by Gasteiger charge is 2.35. The van der Waals surface area contributed by atoms with Gasteiger partial charge in [-0.1, -0.05) is 158 Å². The van der Waals surface area contributed by atoms with Gasteiger partial charge in [-0.05, 0) is 24.3 Å². The summed E-state index contributed by atoms with van der Waals surface area (Å²) in [6.45, 7) is 0. The van der Waals surface area contributed by atoms with Crippen molar-refractivity contribution in [2.75, 3.05) is 9.56 Å². The van der Waals surface area contributed by atoms with Crippen molar-refractivity contribution in [2.45, 2.75) is 0 Å². The summed E-state index contributed by atoms with van der Waals surface area (Å²) in [6.07, 6.45) is 0. The third-order valence-corrected chi connectivity index (χ3v) is 11.4. The van der Waals surface area contributed by atoms with Crippen LogP contribution in [0.3, 0.4) is 0 Å². The number of anilines is 2. The molecule has 0 aliphatic rings. The van der Waals surface area contributed by atoms with Crippen molar-refractivity contribution in [3.8, 4) is 0 Å². The van der Waals surface area contributed by atoms with E-state index in [4.69, 9.17) is 0 Å². The van der Waals surface area contributed by atoms with Crippen molar-refractivity contribution in [3.63, 3.8) is 0 Å². The highest BCUT2D eigenvalue weighted by Crippen LogP contribution is 2.53. The second kappa shape index (κ2) is 12.8. The van der Waals surface area contributed by atoms with Crippen LogP contribution in [0.2, 0.25) is 0 Å². The smallest absolute Gasteiger partial charge is 0.0787 e. The van der Waals surface area contributed by atoms with Crippen molar-refractivity contribution in [3.05, 3.63) is 182 Å². The van der Waals surface area contributed by atoms with Crippen LogP contribution in [0.5, 0.6) is 0 Å². The molecular formula is C36H30N2P2. The molecule has 6 aromatic carbocycles. The van der Waals surface area contributed by atoms with Gasteiger partial charge in [0, 0.05) is 21.2 Å². The minimum absolute atomic E-state index is 0.991. The first-order valence-electron chi connectivity index (χ1n) is 13.4. The van der Waals surface area contributed by atoms with E-state index in [2.05, 4.69) is 192 Å². The average Bonchev–Trinajstić information content (AvgIpc) is 3.05. The van der Waals surface area contributed by atoms with Gasteiger partial charge in [-0.3, -0.25) is 9.56 Å². The monoisotopic (exact) mass is 552 g/mol.